The number of piperidine rings is 1. The van der Waals surface area contributed by atoms with Crippen molar-refractivity contribution < 1.29 is 19.2 Å². The molecule has 8 nitrogen and oxygen atoms in total. The Bertz CT molecular complexity index is 1090. The first-order chi connectivity index (χ1) is 16.4. The number of likely N-dealkylation sites (tertiary alicyclic amines) is 1. The standard InChI is InChI=1S/C24H27ClN4O4S/c1-2-21(30)28-13-17(18(14-28)27-24(33)19-10-11-20(25)34-19)26-23(32)15-6-8-16(9-7-15)29-12-4-3-5-22(29)31/h6-11,17-18H,2-5,12-14H2,1H3,(H,26,32)(H,27,33)/t17-,18+/m0/s1. The third-order valence-electron chi connectivity index (χ3n) is 6.17. The molecule has 2 N–H and O–H groups in total. The van der Waals surface area contributed by atoms with Crippen LogP contribution in [-0.4, -0.2) is 60.2 Å². The van der Waals surface area contributed by atoms with Crippen molar-refractivity contribution in [1.29, 1.82) is 0 Å². The van der Waals surface area contributed by atoms with E-state index in [9.17, 15) is 19.2 Å². The van der Waals surface area contributed by atoms with Crippen molar-refractivity contribution in [3.8, 4) is 0 Å². The van der Waals surface area contributed by atoms with E-state index in [1.54, 1.807) is 53.1 Å². The lowest BCUT2D eigenvalue weighted by Gasteiger charge is -2.27. The zero-order valence-corrected chi connectivity index (χ0v) is 20.5. The predicted octanol–water partition coefficient (Wildman–Crippen LogP) is 3.07. The third kappa shape index (κ3) is 5.42. The van der Waals surface area contributed by atoms with Crippen LogP contribution >= 0.6 is 22.9 Å². The molecule has 4 rings (SSSR count). The Morgan fingerprint density at radius 3 is 2.26 bits per heavy atom. The molecule has 1 aromatic carbocycles. The normalized spacial score (nSPS) is 20.4. The maximum Gasteiger partial charge on any atom is 0.261 e. The fraction of sp³-hybridized carbons (Fsp3) is 0.417. The summed E-state index contributed by atoms with van der Waals surface area (Å²) in [4.78, 5) is 54.0. The Morgan fingerprint density at radius 2 is 1.68 bits per heavy atom. The summed E-state index contributed by atoms with van der Waals surface area (Å²) in [6, 6.07) is 9.37. The van der Waals surface area contributed by atoms with Crippen LogP contribution in [0.25, 0.3) is 0 Å². The van der Waals surface area contributed by atoms with Gasteiger partial charge in [-0.25, -0.2) is 0 Å². The summed E-state index contributed by atoms with van der Waals surface area (Å²) in [5.41, 5.74) is 1.23. The Balaban J connectivity index is 1.44. The summed E-state index contributed by atoms with van der Waals surface area (Å²) in [5.74, 6) is -0.528. The second kappa shape index (κ2) is 10.6. The number of anilines is 1. The van der Waals surface area contributed by atoms with Crippen LogP contribution in [0, 0.1) is 0 Å². The number of nitrogens with one attached hydrogen (secondary N) is 2. The lowest BCUT2D eigenvalue weighted by molar-refractivity contribution is -0.129. The van der Waals surface area contributed by atoms with Gasteiger partial charge in [0, 0.05) is 43.7 Å². The maximum absolute atomic E-state index is 13.0. The van der Waals surface area contributed by atoms with Gasteiger partial charge in [0.15, 0.2) is 0 Å². The summed E-state index contributed by atoms with van der Waals surface area (Å²) < 4.78 is 0.513. The number of hydrogen-bond donors (Lipinski definition) is 2. The number of amides is 4. The fourth-order valence-electron chi connectivity index (χ4n) is 4.32. The van der Waals surface area contributed by atoms with Gasteiger partial charge in [0.05, 0.1) is 21.3 Å². The lowest BCUT2D eigenvalue weighted by atomic mass is 10.1. The van der Waals surface area contributed by atoms with E-state index in [-0.39, 0.29) is 23.6 Å². The summed E-state index contributed by atoms with van der Waals surface area (Å²) in [7, 11) is 0. The summed E-state index contributed by atoms with van der Waals surface area (Å²) in [6.07, 6.45) is 2.76. The Kier molecular flexibility index (Phi) is 7.53. The number of nitrogens with zero attached hydrogens (tertiary/aromatic N) is 2. The molecule has 0 unspecified atom stereocenters. The van der Waals surface area contributed by atoms with Gasteiger partial charge >= 0.3 is 0 Å². The number of carbonyl (C=O) groups excluding carboxylic acids is 4. The number of thiophene rings is 1. The van der Waals surface area contributed by atoms with Gasteiger partial charge in [0.2, 0.25) is 11.8 Å². The molecular weight excluding hydrogens is 476 g/mol. The molecule has 180 valence electrons. The van der Waals surface area contributed by atoms with Gasteiger partial charge in [0.1, 0.15) is 0 Å². The first-order valence-corrected chi connectivity index (χ1v) is 12.6. The third-order valence-corrected chi connectivity index (χ3v) is 7.40. The summed E-state index contributed by atoms with van der Waals surface area (Å²) in [6.45, 7) is 3.10. The van der Waals surface area contributed by atoms with Gasteiger partial charge in [-0.3, -0.25) is 19.2 Å². The molecule has 0 spiro atoms. The lowest BCUT2D eigenvalue weighted by Crippen LogP contribution is -2.50. The zero-order valence-electron chi connectivity index (χ0n) is 18.9. The van der Waals surface area contributed by atoms with Crippen LogP contribution in [-0.2, 0) is 9.59 Å². The molecular formula is C24H27ClN4O4S. The van der Waals surface area contributed by atoms with Crippen molar-refractivity contribution >= 4 is 52.3 Å². The average molecular weight is 503 g/mol. The van der Waals surface area contributed by atoms with E-state index in [1.807, 2.05) is 0 Å². The summed E-state index contributed by atoms with van der Waals surface area (Å²) in [5, 5.41) is 5.91. The number of hydrogen-bond acceptors (Lipinski definition) is 5. The highest BCUT2D eigenvalue weighted by Gasteiger charge is 2.37. The first kappa shape index (κ1) is 24.2. The molecule has 1 aromatic heterocycles. The van der Waals surface area contributed by atoms with E-state index in [2.05, 4.69) is 10.6 Å². The Labute approximate surface area is 207 Å². The van der Waals surface area contributed by atoms with Crippen LogP contribution in [0.1, 0.15) is 52.6 Å². The number of rotatable bonds is 6. The quantitative estimate of drug-likeness (QED) is 0.634. The van der Waals surface area contributed by atoms with Crippen LogP contribution in [0.3, 0.4) is 0 Å². The molecule has 34 heavy (non-hydrogen) atoms. The molecule has 2 aromatic rings. The van der Waals surface area contributed by atoms with Crippen molar-refractivity contribution in [2.24, 2.45) is 0 Å². The average Bonchev–Trinajstić information content (AvgIpc) is 3.45. The van der Waals surface area contributed by atoms with Crippen LogP contribution in [0.4, 0.5) is 5.69 Å². The molecule has 3 heterocycles. The second-order valence-electron chi connectivity index (χ2n) is 8.47. The minimum atomic E-state index is -0.439. The largest absolute Gasteiger partial charge is 0.345 e. The molecule has 0 radical (unpaired) electrons. The van der Waals surface area contributed by atoms with Gasteiger partial charge in [-0.1, -0.05) is 18.5 Å². The molecule has 2 aliphatic heterocycles. The zero-order chi connectivity index (χ0) is 24.2. The topological polar surface area (TPSA) is 98.8 Å². The smallest absolute Gasteiger partial charge is 0.261 e. The minimum Gasteiger partial charge on any atom is -0.345 e. The number of benzene rings is 1. The number of carbonyl (C=O) groups is 4. The SMILES string of the molecule is CCC(=O)N1C[C@H](NC(=O)c2ccc(N3CCCCC3=O)cc2)[C@H](NC(=O)c2ccc(Cl)s2)C1. The second-order valence-corrected chi connectivity index (χ2v) is 10.2. The van der Waals surface area contributed by atoms with Crippen LogP contribution < -0.4 is 15.5 Å². The fourth-order valence-corrected chi connectivity index (χ4v) is 5.27. The van der Waals surface area contributed by atoms with Gasteiger partial charge < -0.3 is 20.4 Å². The van der Waals surface area contributed by atoms with Crippen LogP contribution in [0.2, 0.25) is 4.34 Å². The van der Waals surface area contributed by atoms with Crippen LogP contribution in [0.5, 0.6) is 0 Å². The molecule has 10 heteroatoms. The van der Waals surface area contributed by atoms with E-state index in [1.165, 1.54) is 11.3 Å². The molecule has 2 atom stereocenters. The number of halogens is 1. The molecule has 2 fully saturated rings. The highest BCUT2D eigenvalue weighted by molar-refractivity contribution is 7.18. The monoisotopic (exact) mass is 502 g/mol. The van der Waals surface area contributed by atoms with Gasteiger partial charge in [-0.15, -0.1) is 11.3 Å². The van der Waals surface area contributed by atoms with E-state index in [0.29, 0.717) is 47.3 Å². The van der Waals surface area contributed by atoms with Gasteiger partial charge in [-0.05, 0) is 49.2 Å². The summed E-state index contributed by atoms with van der Waals surface area (Å²) >= 11 is 7.12. The Morgan fingerprint density at radius 1 is 1.00 bits per heavy atom. The molecule has 4 amide bonds. The first-order valence-electron chi connectivity index (χ1n) is 11.4. The Hall–Kier alpha value is -2.91. The van der Waals surface area contributed by atoms with Crippen LogP contribution in [0.15, 0.2) is 36.4 Å². The molecule has 0 bridgehead atoms. The van der Waals surface area contributed by atoms with Crippen molar-refractivity contribution in [2.45, 2.75) is 44.7 Å². The minimum absolute atomic E-state index is 0.0364. The van der Waals surface area contributed by atoms with Gasteiger partial charge in [0.25, 0.3) is 11.8 Å². The van der Waals surface area contributed by atoms with E-state index in [4.69, 9.17) is 11.6 Å². The molecule has 0 saturated carbocycles. The van der Waals surface area contributed by atoms with Crippen molar-refractivity contribution in [1.82, 2.24) is 15.5 Å². The van der Waals surface area contributed by atoms with Crippen molar-refractivity contribution in [2.75, 3.05) is 24.5 Å². The van der Waals surface area contributed by atoms with Crippen molar-refractivity contribution in [3.05, 3.63) is 51.2 Å². The highest BCUT2D eigenvalue weighted by Crippen LogP contribution is 2.23. The maximum atomic E-state index is 13.0. The van der Waals surface area contributed by atoms with Gasteiger partial charge in [-0.2, -0.15) is 0 Å². The molecule has 2 aliphatic rings. The molecule has 0 aliphatic carbocycles. The van der Waals surface area contributed by atoms with Crippen molar-refractivity contribution in [3.63, 3.8) is 0 Å². The van der Waals surface area contributed by atoms with E-state index < -0.39 is 12.1 Å². The van der Waals surface area contributed by atoms with E-state index >= 15 is 0 Å². The predicted molar refractivity (Wildman–Crippen MR) is 131 cm³/mol. The van der Waals surface area contributed by atoms with E-state index in [0.717, 1.165) is 18.5 Å². The molecule has 2 saturated heterocycles. The highest BCUT2D eigenvalue weighted by atomic mass is 35.5.